The van der Waals surface area contributed by atoms with Crippen LogP contribution in [-0.2, 0) is 6.54 Å². The summed E-state index contributed by atoms with van der Waals surface area (Å²) in [6.07, 6.45) is 5.00. The van der Waals surface area contributed by atoms with Crippen molar-refractivity contribution in [1.29, 1.82) is 0 Å². The van der Waals surface area contributed by atoms with Gasteiger partial charge in [0, 0.05) is 24.5 Å². The predicted molar refractivity (Wildman–Crippen MR) is 86.3 cm³/mol. The van der Waals surface area contributed by atoms with Gasteiger partial charge in [-0.3, -0.25) is 0 Å². The highest BCUT2D eigenvalue weighted by molar-refractivity contribution is 7.15. The van der Waals surface area contributed by atoms with Crippen molar-refractivity contribution in [3.63, 3.8) is 0 Å². The van der Waals surface area contributed by atoms with Crippen molar-refractivity contribution in [1.82, 2.24) is 10.3 Å². The van der Waals surface area contributed by atoms with E-state index >= 15 is 0 Å². The van der Waals surface area contributed by atoms with Crippen LogP contribution in [0.2, 0.25) is 0 Å². The Morgan fingerprint density at radius 1 is 1.11 bits per heavy atom. The Morgan fingerprint density at radius 2 is 1.74 bits per heavy atom. The second-order valence-corrected chi connectivity index (χ2v) is 6.04. The maximum absolute atomic E-state index is 4.77. The molecule has 1 aromatic rings. The summed E-state index contributed by atoms with van der Waals surface area (Å²) in [6.45, 7) is 13.0. The Bertz CT molecular complexity index is 341. The summed E-state index contributed by atoms with van der Waals surface area (Å²) in [4.78, 5) is 8.63. The number of aryl methyl sites for hydroxylation is 1. The summed E-state index contributed by atoms with van der Waals surface area (Å²) < 4.78 is 0. The smallest absolute Gasteiger partial charge is 0.185 e. The molecule has 0 bridgehead atoms. The van der Waals surface area contributed by atoms with Crippen molar-refractivity contribution in [3.05, 3.63) is 10.6 Å². The molecular formula is C15H29N3S. The first-order valence-corrected chi connectivity index (χ1v) is 8.46. The van der Waals surface area contributed by atoms with E-state index in [0.29, 0.717) is 0 Å². The van der Waals surface area contributed by atoms with Crippen LogP contribution in [0.4, 0.5) is 5.13 Å². The van der Waals surface area contributed by atoms with Crippen LogP contribution in [0.5, 0.6) is 0 Å². The van der Waals surface area contributed by atoms with E-state index in [-0.39, 0.29) is 0 Å². The molecule has 110 valence electrons. The zero-order valence-corrected chi connectivity index (χ0v) is 13.8. The van der Waals surface area contributed by atoms with Crippen LogP contribution in [0.1, 0.15) is 57.0 Å². The number of aromatic nitrogens is 1. The van der Waals surface area contributed by atoms with E-state index in [2.05, 4.69) is 37.9 Å². The van der Waals surface area contributed by atoms with E-state index in [0.717, 1.165) is 26.2 Å². The van der Waals surface area contributed by atoms with Crippen molar-refractivity contribution < 1.29 is 0 Å². The largest absolute Gasteiger partial charge is 0.348 e. The van der Waals surface area contributed by atoms with Gasteiger partial charge < -0.3 is 10.2 Å². The first-order chi connectivity index (χ1) is 9.22. The monoisotopic (exact) mass is 283 g/mol. The molecular weight excluding hydrogens is 254 g/mol. The third kappa shape index (κ3) is 5.49. The minimum atomic E-state index is 0.954. The Labute approximate surface area is 122 Å². The molecule has 0 aromatic carbocycles. The van der Waals surface area contributed by atoms with Gasteiger partial charge in [0.05, 0.1) is 5.69 Å². The molecule has 0 atom stereocenters. The number of thiazole rings is 1. The number of hydrogen-bond donors (Lipinski definition) is 1. The summed E-state index contributed by atoms with van der Waals surface area (Å²) in [5.41, 5.74) is 1.19. The van der Waals surface area contributed by atoms with Crippen molar-refractivity contribution >= 4 is 16.5 Å². The molecule has 1 aromatic heterocycles. The third-order valence-corrected chi connectivity index (χ3v) is 4.47. The van der Waals surface area contributed by atoms with Gasteiger partial charge in [-0.15, -0.1) is 11.3 Å². The average molecular weight is 283 g/mol. The Kier molecular flexibility index (Phi) is 8.07. The van der Waals surface area contributed by atoms with Crippen molar-refractivity contribution in [3.8, 4) is 0 Å². The van der Waals surface area contributed by atoms with Gasteiger partial charge in [0.1, 0.15) is 0 Å². The quantitative estimate of drug-likeness (QED) is 0.704. The highest BCUT2D eigenvalue weighted by Gasteiger charge is 2.13. The number of nitrogens with zero attached hydrogens (tertiary/aromatic N) is 2. The highest BCUT2D eigenvalue weighted by atomic mass is 32.1. The zero-order chi connectivity index (χ0) is 14.1. The van der Waals surface area contributed by atoms with Crippen molar-refractivity contribution in [2.75, 3.05) is 24.5 Å². The van der Waals surface area contributed by atoms with Crippen molar-refractivity contribution in [2.45, 2.75) is 59.9 Å². The van der Waals surface area contributed by atoms with Gasteiger partial charge in [0.15, 0.2) is 5.13 Å². The minimum absolute atomic E-state index is 0.954. The van der Waals surface area contributed by atoms with Gasteiger partial charge in [0.25, 0.3) is 0 Å². The van der Waals surface area contributed by atoms with Crippen LogP contribution in [-0.4, -0.2) is 24.6 Å². The van der Waals surface area contributed by atoms with Crippen LogP contribution in [0, 0.1) is 6.92 Å². The number of unbranched alkanes of at least 4 members (excludes halogenated alkanes) is 2. The fourth-order valence-corrected chi connectivity index (χ4v) is 3.03. The molecule has 0 fully saturated rings. The Hall–Kier alpha value is -0.610. The lowest BCUT2D eigenvalue weighted by molar-refractivity contribution is 0.676. The topological polar surface area (TPSA) is 28.2 Å². The molecule has 0 radical (unpaired) electrons. The van der Waals surface area contributed by atoms with Gasteiger partial charge >= 0.3 is 0 Å². The molecule has 0 spiro atoms. The molecule has 1 N–H and O–H groups in total. The number of hydrogen-bond acceptors (Lipinski definition) is 4. The maximum Gasteiger partial charge on any atom is 0.185 e. The SMILES string of the molecule is CCCCN(CCCC)c1nc(C)c(CNCC)s1. The fourth-order valence-electron chi connectivity index (χ4n) is 1.95. The summed E-state index contributed by atoms with van der Waals surface area (Å²) >= 11 is 1.86. The summed E-state index contributed by atoms with van der Waals surface area (Å²) in [7, 11) is 0. The van der Waals surface area contributed by atoms with Gasteiger partial charge in [-0.05, 0) is 26.3 Å². The minimum Gasteiger partial charge on any atom is -0.348 e. The molecule has 0 saturated carbocycles. The normalized spacial score (nSPS) is 10.9. The Balaban J connectivity index is 2.70. The number of nitrogens with one attached hydrogen (secondary N) is 1. The molecule has 19 heavy (non-hydrogen) atoms. The molecule has 4 heteroatoms. The zero-order valence-electron chi connectivity index (χ0n) is 13.0. The predicted octanol–water partition coefficient (Wildman–Crippen LogP) is 3.97. The summed E-state index contributed by atoms with van der Waals surface area (Å²) in [5.74, 6) is 0. The van der Waals surface area contributed by atoms with Crippen LogP contribution in [0.15, 0.2) is 0 Å². The van der Waals surface area contributed by atoms with E-state index in [1.165, 1.54) is 41.4 Å². The standard InChI is InChI=1S/C15H29N3S/c1-5-8-10-18(11-9-6-2)15-17-13(4)14(19-15)12-16-7-3/h16H,5-12H2,1-4H3. The molecule has 0 unspecified atom stereocenters. The summed E-state index contributed by atoms with van der Waals surface area (Å²) in [5, 5.41) is 4.61. The van der Waals surface area contributed by atoms with Crippen LogP contribution >= 0.6 is 11.3 Å². The van der Waals surface area contributed by atoms with E-state index in [9.17, 15) is 0 Å². The lowest BCUT2D eigenvalue weighted by Gasteiger charge is -2.21. The second kappa shape index (κ2) is 9.32. The van der Waals surface area contributed by atoms with Gasteiger partial charge in [-0.25, -0.2) is 4.98 Å². The Morgan fingerprint density at radius 3 is 2.26 bits per heavy atom. The molecule has 3 nitrogen and oxygen atoms in total. The van der Waals surface area contributed by atoms with Gasteiger partial charge in [-0.1, -0.05) is 33.6 Å². The highest BCUT2D eigenvalue weighted by Crippen LogP contribution is 2.26. The van der Waals surface area contributed by atoms with Gasteiger partial charge in [-0.2, -0.15) is 0 Å². The molecule has 0 aliphatic rings. The molecule has 0 aliphatic heterocycles. The first-order valence-electron chi connectivity index (χ1n) is 7.64. The third-order valence-electron chi connectivity index (χ3n) is 3.25. The van der Waals surface area contributed by atoms with E-state index in [1.807, 2.05) is 11.3 Å². The molecule has 1 heterocycles. The molecule has 0 saturated heterocycles. The lowest BCUT2D eigenvalue weighted by Crippen LogP contribution is -2.25. The van der Waals surface area contributed by atoms with E-state index in [1.54, 1.807) is 0 Å². The second-order valence-electron chi connectivity index (χ2n) is 4.98. The molecule has 0 aliphatic carbocycles. The van der Waals surface area contributed by atoms with E-state index < -0.39 is 0 Å². The molecule has 0 amide bonds. The van der Waals surface area contributed by atoms with Crippen LogP contribution in [0.3, 0.4) is 0 Å². The maximum atomic E-state index is 4.77. The van der Waals surface area contributed by atoms with Crippen molar-refractivity contribution in [2.24, 2.45) is 0 Å². The first kappa shape index (κ1) is 16.4. The van der Waals surface area contributed by atoms with E-state index in [4.69, 9.17) is 4.98 Å². The number of rotatable bonds is 10. The number of anilines is 1. The van der Waals surface area contributed by atoms with Crippen LogP contribution < -0.4 is 10.2 Å². The summed E-state index contributed by atoms with van der Waals surface area (Å²) in [6, 6.07) is 0. The lowest BCUT2D eigenvalue weighted by atomic mass is 10.3. The van der Waals surface area contributed by atoms with Crippen LogP contribution in [0.25, 0.3) is 0 Å². The molecule has 1 rings (SSSR count). The fraction of sp³-hybridized carbons (Fsp3) is 0.800. The van der Waals surface area contributed by atoms with Gasteiger partial charge in [0.2, 0.25) is 0 Å². The average Bonchev–Trinajstić information content (AvgIpc) is 2.78.